The Bertz CT molecular complexity index is 1370. The molecule has 6 heteroatoms. The van der Waals surface area contributed by atoms with E-state index >= 15 is 0 Å². The van der Waals surface area contributed by atoms with Gasteiger partial charge in [-0.15, -0.1) is 0 Å². The zero-order valence-corrected chi connectivity index (χ0v) is 19.1. The summed E-state index contributed by atoms with van der Waals surface area (Å²) in [5.41, 5.74) is 5.15. The van der Waals surface area contributed by atoms with E-state index in [0.717, 1.165) is 33.6 Å². The van der Waals surface area contributed by atoms with Crippen molar-refractivity contribution in [2.45, 2.75) is 47.1 Å². The van der Waals surface area contributed by atoms with Gasteiger partial charge in [-0.05, 0) is 57.9 Å². The maximum atomic E-state index is 13.4. The number of carbonyl (C=O) groups is 1. The highest BCUT2D eigenvalue weighted by atomic mass is 16.2. The number of aromatic nitrogens is 3. The first-order valence-corrected chi connectivity index (χ1v) is 10.9. The number of aryl methyl sites for hydroxylation is 4. The Morgan fingerprint density at radius 3 is 2.41 bits per heavy atom. The van der Waals surface area contributed by atoms with E-state index in [2.05, 4.69) is 16.5 Å². The molecule has 164 valence electrons. The number of benzene rings is 2. The topological polar surface area (TPSA) is 68.9 Å². The quantitative estimate of drug-likeness (QED) is 0.486. The Labute approximate surface area is 187 Å². The Kier molecular flexibility index (Phi) is 5.70. The van der Waals surface area contributed by atoms with Crippen molar-refractivity contribution in [3.63, 3.8) is 0 Å². The first-order chi connectivity index (χ1) is 15.3. The molecular weight excluding hydrogens is 400 g/mol. The minimum absolute atomic E-state index is 0.0951. The minimum atomic E-state index is -0.437. The van der Waals surface area contributed by atoms with E-state index < -0.39 is 6.04 Å². The number of amides is 1. The second kappa shape index (κ2) is 8.46. The highest BCUT2D eigenvalue weighted by molar-refractivity contribution is 5.96. The SMILES string of the molecule is CC[C@H](C(=O)Nc1ccc(C)cc1C)n1c(C)c2cnn(-c3ccccc3)c(=O)c2c1C. The highest BCUT2D eigenvalue weighted by Crippen LogP contribution is 2.29. The number of para-hydroxylation sites is 1. The van der Waals surface area contributed by atoms with Gasteiger partial charge in [0.25, 0.3) is 5.56 Å². The van der Waals surface area contributed by atoms with Crippen molar-refractivity contribution in [2.75, 3.05) is 5.32 Å². The lowest BCUT2D eigenvalue weighted by Crippen LogP contribution is -2.27. The molecule has 0 saturated carbocycles. The number of fused-ring (bicyclic) bond motifs is 1. The molecule has 0 bridgehead atoms. The van der Waals surface area contributed by atoms with Gasteiger partial charge in [0.2, 0.25) is 5.91 Å². The van der Waals surface area contributed by atoms with E-state index in [4.69, 9.17) is 0 Å². The number of rotatable bonds is 5. The van der Waals surface area contributed by atoms with Crippen LogP contribution in [0.4, 0.5) is 5.69 Å². The van der Waals surface area contributed by atoms with Crippen LogP contribution < -0.4 is 10.9 Å². The number of hydrogen-bond donors (Lipinski definition) is 1. The monoisotopic (exact) mass is 428 g/mol. The maximum absolute atomic E-state index is 13.4. The standard InChI is InChI=1S/C26H28N4O2/c1-6-23(25(31)28-22-13-12-16(2)14-17(22)3)29-18(4)21-15-27-30(20-10-8-7-9-11-20)26(32)24(21)19(29)5/h7-15,23H,6H2,1-5H3,(H,28,31)/t23-/m1/s1. The fourth-order valence-electron chi connectivity index (χ4n) is 4.46. The van der Waals surface area contributed by atoms with Gasteiger partial charge in [-0.2, -0.15) is 9.78 Å². The maximum Gasteiger partial charge on any atom is 0.281 e. The molecule has 2 heterocycles. The number of nitrogens with zero attached hydrogens (tertiary/aromatic N) is 3. The normalized spacial score (nSPS) is 12.2. The molecule has 1 atom stereocenters. The van der Waals surface area contributed by atoms with E-state index in [1.807, 2.05) is 81.7 Å². The molecule has 32 heavy (non-hydrogen) atoms. The summed E-state index contributed by atoms with van der Waals surface area (Å²) < 4.78 is 3.39. The number of nitrogens with one attached hydrogen (secondary N) is 1. The minimum Gasteiger partial charge on any atom is -0.335 e. The van der Waals surface area contributed by atoms with Gasteiger partial charge in [0.15, 0.2) is 0 Å². The lowest BCUT2D eigenvalue weighted by atomic mass is 10.1. The molecule has 0 aliphatic heterocycles. The zero-order chi connectivity index (χ0) is 23.0. The van der Waals surface area contributed by atoms with Crippen molar-refractivity contribution >= 4 is 22.4 Å². The summed E-state index contributed by atoms with van der Waals surface area (Å²) in [6, 6.07) is 14.9. The summed E-state index contributed by atoms with van der Waals surface area (Å²) in [6.45, 7) is 9.84. The van der Waals surface area contributed by atoms with Gasteiger partial charge in [0.05, 0.1) is 17.3 Å². The van der Waals surface area contributed by atoms with Crippen LogP contribution in [0.1, 0.15) is 41.9 Å². The van der Waals surface area contributed by atoms with Crippen LogP contribution in [0.25, 0.3) is 16.5 Å². The third kappa shape index (κ3) is 3.62. The third-order valence-corrected chi connectivity index (χ3v) is 6.09. The average Bonchev–Trinajstić information content (AvgIpc) is 3.03. The molecule has 0 radical (unpaired) electrons. The largest absolute Gasteiger partial charge is 0.335 e. The van der Waals surface area contributed by atoms with Crippen LogP contribution in [0.5, 0.6) is 0 Å². The summed E-state index contributed by atoms with van der Waals surface area (Å²) in [4.78, 5) is 26.7. The molecule has 2 aromatic heterocycles. The van der Waals surface area contributed by atoms with Gasteiger partial charge in [-0.3, -0.25) is 9.59 Å². The molecule has 1 amide bonds. The molecule has 0 spiro atoms. The van der Waals surface area contributed by atoms with Crippen LogP contribution in [0.15, 0.2) is 59.5 Å². The first-order valence-electron chi connectivity index (χ1n) is 10.9. The molecular formula is C26H28N4O2. The van der Waals surface area contributed by atoms with Crippen LogP contribution in [-0.2, 0) is 4.79 Å². The molecule has 4 aromatic rings. The van der Waals surface area contributed by atoms with Crippen molar-refractivity contribution < 1.29 is 4.79 Å². The summed E-state index contributed by atoms with van der Waals surface area (Å²) in [5, 5.41) is 8.85. The van der Waals surface area contributed by atoms with Gasteiger partial charge in [-0.1, -0.05) is 42.8 Å². The van der Waals surface area contributed by atoms with Gasteiger partial charge in [0, 0.05) is 22.5 Å². The molecule has 2 aromatic carbocycles. The van der Waals surface area contributed by atoms with E-state index in [1.54, 1.807) is 6.20 Å². The smallest absolute Gasteiger partial charge is 0.281 e. The van der Waals surface area contributed by atoms with Crippen molar-refractivity contribution in [3.8, 4) is 5.69 Å². The van der Waals surface area contributed by atoms with Crippen LogP contribution in [-0.4, -0.2) is 20.3 Å². The van der Waals surface area contributed by atoms with Gasteiger partial charge < -0.3 is 9.88 Å². The number of carbonyl (C=O) groups excluding carboxylic acids is 1. The van der Waals surface area contributed by atoms with Crippen molar-refractivity contribution in [3.05, 3.63) is 87.6 Å². The molecule has 0 unspecified atom stereocenters. The van der Waals surface area contributed by atoms with Crippen molar-refractivity contribution in [1.29, 1.82) is 0 Å². The van der Waals surface area contributed by atoms with Crippen LogP contribution in [0, 0.1) is 27.7 Å². The molecule has 6 nitrogen and oxygen atoms in total. The molecule has 1 N–H and O–H groups in total. The van der Waals surface area contributed by atoms with Crippen LogP contribution in [0.2, 0.25) is 0 Å². The predicted octanol–water partition coefficient (Wildman–Crippen LogP) is 5.01. The second-order valence-electron chi connectivity index (χ2n) is 8.26. The molecule has 0 aliphatic rings. The predicted molar refractivity (Wildman–Crippen MR) is 129 cm³/mol. The highest BCUT2D eigenvalue weighted by Gasteiger charge is 2.26. The van der Waals surface area contributed by atoms with E-state index in [0.29, 0.717) is 17.5 Å². The Balaban J connectivity index is 1.79. The average molecular weight is 429 g/mol. The van der Waals surface area contributed by atoms with Crippen molar-refractivity contribution in [1.82, 2.24) is 14.3 Å². The van der Waals surface area contributed by atoms with E-state index in [-0.39, 0.29) is 11.5 Å². The fraction of sp³-hybridized carbons (Fsp3) is 0.269. The van der Waals surface area contributed by atoms with E-state index in [9.17, 15) is 9.59 Å². The second-order valence-corrected chi connectivity index (χ2v) is 8.26. The van der Waals surface area contributed by atoms with Gasteiger partial charge in [-0.25, -0.2) is 0 Å². The number of hydrogen-bond acceptors (Lipinski definition) is 3. The lowest BCUT2D eigenvalue weighted by molar-refractivity contribution is -0.119. The summed E-state index contributed by atoms with van der Waals surface area (Å²) in [5.74, 6) is -0.0951. The zero-order valence-electron chi connectivity index (χ0n) is 19.1. The van der Waals surface area contributed by atoms with Gasteiger partial charge >= 0.3 is 0 Å². The summed E-state index contributed by atoms with van der Waals surface area (Å²) in [7, 11) is 0. The number of anilines is 1. The third-order valence-electron chi connectivity index (χ3n) is 6.09. The van der Waals surface area contributed by atoms with E-state index in [1.165, 1.54) is 4.68 Å². The molecule has 4 rings (SSSR count). The molecule has 0 aliphatic carbocycles. The Morgan fingerprint density at radius 2 is 1.75 bits per heavy atom. The Hall–Kier alpha value is -3.67. The van der Waals surface area contributed by atoms with Gasteiger partial charge in [0.1, 0.15) is 6.04 Å². The van der Waals surface area contributed by atoms with Crippen LogP contribution in [0.3, 0.4) is 0 Å². The van der Waals surface area contributed by atoms with Crippen LogP contribution >= 0.6 is 0 Å². The van der Waals surface area contributed by atoms with Crippen molar-refractivity contribution in [2.24, 2.45) is 0 Å². The lowest BCUT2D eigenvalue weighted by Gasteiger charge is -2.21. The molecule has 0 fully saturated rings. The molecule has 0 saturated heterocycles. The summed E-state index contributed by atoms with van der Waals surface area (Å²) >= 11 is 0. The fourth-order valence-corrected chi connectivity index (χ4v) is 4.46. The summed E-state index contributed by atoms with van der Waals surface area (Å²) in [6.07, 6.45) is 2.32. The Morgan fingerprint density at radius 1 is 1.03 bits per heavy atom. The first kappa shape index (κ1) is 21.6.